The molecule has 1 saturated carbocycles. The monoisotopic (exact) mass is 270 g/mol. The third kappa shape index (κ3) is 5.38. The molecule has 3 unspecified atom stereocenters. The number of hydrogen-bond acceptors (Lipinski definition) is 4. The van der Waals surface area contributed by atoms with Crippen molar-refractivity contribution in [1.82, 2.24) is 10.4 Å². The lowest BCUT2D eigenvalue weighted by atomic mass is 9.88. The summed E-state index contributed by atoms with van der Waals surface area (Å²) in [4.78, 5) is 0. The lowest BCUT2D eigenvalue weighted by molar-refractivity contribution is -0.0496. The first-order valence-corrected chi connectivity index (χ1v) is 8.04. The molecule has 0 spiro atoms. The maximum Gasteiger partial charge on any atom is 0.0911 e. The first-order chi connectivity index (χ1) is 9.25. The summed E-state index contributed by atoms with van der Waals surface area (Å²) in [5, 5.41) is 12.2. The summed E-state index contributed by atoms with van der Waals surface area (Å²) in [6, 6.07) is 0. The molecule has 2 N–H and O–H groups in total. The molecular weight excluding hydrogens is 240 g/mol. The van der Waals surface area contributed by atoms with E-state index in [1.165, 1.54) is 38.5 Å². The van der Waals surface area contributed by atoms with Gasteiger partial charge in [-0.2, -0.15) is 0 Å². The highest BCUT2D eigenvalue weighted by atomic mass is 16.5. The molecule has 1 aliphatic carbocycles. The summed E-state index contributed by atoms with van der Waals surface area (Å²) in [5.74, 6) is 0.649. The second-order valence-corrected chi connectivity index (χ2v) is 6.20. The highest BCUT2D eigenvalue weighted by Crippen LogP contribution is 2.26. The van der Waals surface area contributed by atoms with Gasteiger partial charge in [0.15, 0.2) is 0 Å². The second-order valence-electron chi connectivity index (χ2n) is 6.20. The first-order valence-electron chi connectivity index (χ1n) is 8.04. The van der Waals surface area contributed by atoms with E-state index in [9.17, 15) is 5.11 Å². The van der Waals surface area contributed by atoms with E-state index in [4.69, 9.17) is 4.74 Å². The zero-order chi connectivity index (χ0) is 13.5. The van der Waals surface area contributed by atoms with Crippen molar-refractivity contribution in [2.24, 2.45) is 5.92 Å². The van der Waals surface area contributed by atoms with Crippen molar-refractivity contribution in [2.45, 2.75) is 64.1 Å². The highest BCUT2D eigenvalue weighted by Gasteiger charge is 2.22. The number of aliphatic hydroxyl groups is 1. The predicted molar refractivity (Wildman–Crippen MR) is 76.8 cm³/mol. The Morgan fingerprint density at radius 1 is 1.16 bits per heavy atom. The molecule has 19 heavy (non-hydrogen) atoms. The van der Waals surface area contributed by atoms with Crippen LogP contribution in [-0.4, -0.2) is 48.6 Å². The molecule has 0 bridgehead atoms. The normalized spacial score (nSPS) is 31.3. The summed E-state index contributed by atoms with van der Waals surface area (Å²) >= 11 is 0. The second kappa shape index (κ2) is 8.20. The van der Waals surface area contributed by atoms with E-state index in [1.54, 1.807) is 0 Å². The van der Waals surface area contributed by atoms with E-state index in [0.29, 0.717) is 25.2 Å². The van der Waals surface area contributed by atoms with Crippen LogP contribution in [-0.2, 0) is 4.74 Å². The largest absolute Gasteiger partial charge is 0.389 e. The summed E-state index contributed by atoms with van der Waals surface area (Å²) in [7, 11) is 0. The van der Waals surface area contributed by atoms with Crippen LogP contribution in [0.15, 0.2) is 0 Å². The minimum absolute atomic E-state index is 0.360. The fourth-order valence-corrected chi connectivity index (χ4v) is 3.11. The average Bonchev–Trinajstić information content (AvgIpc) is 2.45. The number of rotatable bonds is 6. The van der Waals surface area contributed by atoms with E-state index in [0.717, 1.165) is 19.5 Å². The average molecular weight is 270 g/mol. The number of piperidine rings is 1. The zero-order valence-corrected chi connectivity index (χ0v) is 12.3. The lowest BCUT2D eigenvalue weighted by Crippen LogP contribution is -2.46. The van der Waals surface area contributed by atoms with Gasteiger partial charge in [0.25, 0.3) is 0 Å². The van der Waals surface area contributed by atoms with Gasteiger partial charge < -0.3 is 9.84 Å². The van der Waals surface area contributed by atoms with Gasteiger partial charge in [-0.3, -0.25) is 5.43 Å². The third-order valence-electron chi connectivity index (χ3n) is 4.44. The van der Waals surface area contributed by atoms with Crippen molar-refractivity contribution < 1.29 is 9.84 Å². The predicted octanol–water partition coefficient (Wildman–Crippen LogP) is 1.93. The van der Waals surface area contributed by atoms with Crippen LogP contribution in [0.3, 0.4) is 0 Å². The van der Waals surface area contributed by atoms with Crippen molar-refractivity contribution in [3.05, 3.63) is 0 Å². The minimum Gasteiger partial charge on any atom is -0.389 e. The quantitative estimate of drug-likeness (QED) is 0.774. The molecule has 1 saturated heterocycles. The SMILES string of the molecule is CC1CCCCC1OCC(O)CNN1CCCCC1. The smallest absolute Gasteiger partial charge is 0.0911 e. The van der Waals surface area contributed by atoms with E-state index in [2.05, 4.69) is 17.4 Å². The summed E-state index contributed by atoms with van der Waals surface area (Å²) < 4.78 is 5.89. The Labute approximate surface area is 117 Å². The standard InChI is InChI=1S/C15H30N2O2/c1-13-7-3-4-8-15(13)19-12-14(18)11-16-17-9-5-2-6-10-17/h13-16,18H,2-12H2,1H3. The van der Waals surface area contributed by atoms with Gasteiger partial charge in [0.05, 0.1) is 18.8 Å². The molecule has 0 aromatic heterocycles. The summed E-state index contributed by atoms with van der Waals surface area (Å²) in [6.07, 6.45) is 8.87. The molecule has 4 nitrogen and oxygen atoms in total. The Kier molecular flexibility index (Phi) is 6.57. The Balaban J connectivity index is 1.57. The van der Waals surface area contributed by atoms with Gasteiger partial charge in [-0.05, 0) is 31.6 Å². The maximum atomic E-state index is 9.98. The first kappa shape index (κ1) is 15.2. The fraction of sp³-hybridized carbons (Fsp3) is 1.00. The number of hydrogen-bond donors (Lipinski definition) is 2. The molecular formula is C15H30N2O2. The van der Waals surface area contributed by atoms with Gasteiger partial charge in [-0.25, -0.2) is 5.01 Å². The highest BCUT2D eigenvalue weighted by molar-refractivity contribution is 4.73. The molecule has 0 aromatic rings. The van der Waals surface area contributed by atoms with Crippen molar-refractivity contribution >= 4 is 0 Å². The molecule has 2 fully saturated rings. The molecule has 1 aliphatic heterocycles. The van der Waals surface area contributed by atoms with Crippen molar-refractivity contribution in [3.8, 4) is 0 Å². The molecule has 0 aromatic carbocycles. The van der Waals surface area contributed by atoms with E-state index < -0.39 is 6.10 Å². The topological polar surface area (TPSA) is 44.7 Å². The molecule has 0 radical (unpaired) electrons. The van der Waals surface area contributed by atoms with Crippen LogP contribution in [0.5, 0.6) is 0 Å². The Morgan fingerprint density at radius 2 is 1.89 bits per heavy atom. The molecule has 3 atom stereocenters. The number of nitrogens with one attached hydrogen (secondary N) is 1. The Bertz CT molecular complexity index is 244. The molecule has 4 heteroatoms. The number of nitrogens with zero attached hydrogens (tertiary/aromatic N) is 1. The van der Waals surface area contributed by atoms with Gasteiger partial charge in [-0.1, -0.05) is 26.2 Å². The molecule has 2 aliphatic rings. The van der Waals surface area contributed by atoms with Crippen LogP contribution >= 0.6 is 0 Å². The lowest BCUT2D eigenvalue weighted by Gasteiger charge is -2.31. The van der Waals surface area contributed by atoms with Crippen LogP contribution in [0, 0.1) is 5.92 Å². The van der Waals surface area contributed by atoms with Gasteiger partial charge in [-0.15, -0.1) is 0 Å². The van der Waals surface area contributed by atoms with Gasteiger partial charge in [0.2, 0.25) is 0 Å². The van der Waals surface area contributed by atoms with Crippen molar-refractivity contribution in [2.75, 3.05) is 26.2 Å². The van der Waals surface area contributed by atoms with Gasteiger partial charge >= 0.3 is 0 Å². The fourth-order valence-electron chi connectivity index (χ4n) is 3.11. The van der Waals surface area contributed by atoms with Crippen molar-refractivity contribution in [3.63, 3.8) is 0 Å². The molecule has 112 valence electrons. The van der Waals surface area contributed by atoms with Crippen LogP contribution < -0.4 is 5.43 Å². The number of hydrazine groups is 1. The van der Waals surface area contributed by atoms with E-state index >= 15 is 0 Å². The van der Waals surface area contributed by atoms with Crippen LogP contribution in [0.4, 0.5) is 0 Å². The van der Waals surface area contributed by atoms with Gasteiger partial charge in [0, 0.05) is 19.6 Å². The zero-order valence-electron chi connectivity index (χ0n) is 12.3. The number of aliphatic hydroxyl groups excluding tert-OH is 1. The third-order valence-corrected chi connectivity index (χ3v) is 4.44. The van der Waals surface area contributed by atoms with Crippen LogP contribution in [0.25, 0.3) is 0 Å². The summed E-state index contributed by atoms with van der Waals surface area (Å²) in [6.45, 7) is 5.56. The van der Waals surface area contributed by atoms with Gasteiger partial charge in [0.1, 0.15) is 0 Å². The maximum absolute atomic E-state index is 9.98. The van der Waals surface area contributed by atoms with Crippen molar-refractivity contribution in [1.29, 1.82) is 0 Å². The minimum atomic E-state index is -0.393. The molecule has 1 heterocycles. The number of ether oxygens (including phenoxy) is 1. The Morgan fingerprint density at radius 3 is 2.63 bits per heavy atom. The molecule has 0 amide bonds. The Hall–Kier alpha value is -0.160. The van der Waals surface area contributed by atoms with Crippen LogP contribution in [0.1, 0.15) is 51.9 Å². The van der Waals surface area contributed by atoms with E-state index in [-0.39, 0.29) is 0 Å². The summed E-state index contributed by atoms with van der Waals surface area (Å²) in [5.41, 5.74) is 3.32. The molecule has 2 rings (SSSR count). The van der Waals surface area contributed by atoms with E-state index in [1.807, 2.05) is 0 Å². The van der Waals surface area contributed by atoms with Crippen LogP contribution in [0.2, 0.25) is 0 Å².